The summed E-state index contributed by atoms with van der Waals surface area (Å²) < 4.78 is 0. The topological polar surface area (TPSA) is 61.4 Å². The average Bonchev–Trinajstić information content (AvgIpc) is 2.93. The molecule has 0 bridgehead atoms. The van der Waals surface area contributed by atoms with Crippen molar-refractivity contribution in [3.8, 4) is 0 Å². The molecule has 1 atom stereocenters. The summed E-state index contributed by atoms with van der Waals surface area (Å²) in [7, 11) is 0. The molecule has 1 aliphatic heterocycles. The largest absolute Gasteiger partial charge is 0.338 e. The molecule has 0 radical (unpaired) electrons. The molecule has 5 nitrogen and oxygen atoms in total. The van der Waals surface area contributed by atoms with Crippen LogP contribution < -0.4 is 10.6 Å². The van der Waals surface area contributed by atoms with Crippen molar-refractivity contribution in [2.75, 3.05) is 19.6 Å². The van der Waals surface area contributed by atoms with Crippen LogP contribution >= 0.6 is 11.3 Å². The number of fused-ring (bicyclic) bond motifs is 1. The quantitative estimate of drug-likeness (QED) is 0.877. The lowest BCUT2D eigenvalue weighted by molar-refractivity contribution is -0.121. The van der Waals surface area contributed by atoms with E-state index in [1.165, 1.54) is 10.4 Å². The first-order chi connectivity index (χ1) is 10.2. The molecule has 0 aromatic carbocycles. The summed E-state index contributed by atoms with van der Waals surface area (Å²) in [6.45, 7) is 5.83. The van der Waals surface area contributed by atoms with Gasteiger partial charge in [-0.15, -0.1) is 11.3 Å². The van der Waals surface area contributed by atoms with Crippen LogP contribution in [-0.4, -0.2) is 36.5 Å². The number of nitrogens with zero attached hydrogens (tertiary/aromatic N) is 1. The predicted molar refractivity (Wildman–Crippen MR) is 84.5 cm³/mol. The van der Waals surface area contributed by atoms with Gasteiger partial charge in [-0.1, -0.05) is 13.8 Å². The van der Waals surface area contributed by atoms with Gasteiger partial charge in [0.05, 0.1) is 6.54 Å². The summed E-state index contributed by atoms with van der Waals surface area (Å²) >= 11 is 1.79. The van der Waals surface area contributed by atoms with Crippen molar-refractivity contribution in [1.82, 2.24) is 15.5 Å². The van der Waals surface area contributed by atoms with E-state index in [0.717, 1.165) is 25.8 Å². The van der Waals surface area contributed by atoms with Crippen molar-refractivity contribution in [1.29, 1.82) is 0 Å². The third-order valence-corrected chi connectivity index (χ3v) is 4.72. The van der Waals surface area contributed by atoms with Gasteiger partial charge in [-0.25, -0.2) is 4.79 Å². The van der Waals surface area contributed by atoms with Gasteiger partial charge in [0.2, 0.25) is 5.91 Å². The van der Waals surface area contributed by atoms with E-state index in [1.807, 2.05) is 6.92 Å². The fraction of sp³-hybridized carbons (Fsp3) is 0.600. The lowest BCUT2D eigenvalue weighted by Crippen LogP contribution is -2.46. The van der Waals surface area contributed by atoms with Crippen molar-refractivity contribution in [3.05, 3.63) is 21.9 Å². The summed E-state index contributed by atoms with van der Waals surface area (Å²) in [5, 5.41) is 7.17. The van der Waals surface area contributed by atoms with Gasteiger partial charge in [-0.05, 0) is 36.3 Å². The van der Waals surface area contributed by atoms with E-state index < -0.39 is 6.03 Å². The molecule has 1 unspecified atom stereocenters. The third kappa shape index (κ3) is 4.04. The maximum absolute atomic E-state index is 12.0. The zero-order chi connectivity index (χ0) is 15.2. The Bertz CT molecular complexity index is 501. The molecule has 0 spiro atoms. The molecule has 2 N–H and O–H groups in total. The fourth-order valence-electron chi connectivity index (χ4n) is 2.75. The molecule has 21 heavy (non-hydrogen) atoms. The predicted octanol–water partition coefficient (Wildman–Crippen LogP) is 2.29. The normalized spacial score (nSPS) is 18.1. The molecule has 0 fully saturated rings. The minimum absolute atomic E-state index is 0.235. The molecule has 2 heterocycles. The molecule has 1 aromatic heterocycles. The highest BCUT2D eigenvalue weighted by molar-refractivity contribution is 7.10. The Balaban J connectivity index is 1.90. The van der Waals surface area contributed by atoms with Gasteiger partial charge >= 0.3 is 6.03 Å². The van der Waals surface area contributed by atoms with Crippen molar-refractivity contribution in [2.45, 2.75) is 39.2 Å². The highest BCUT2D eigenvalue weighted by atomic mass is 32.1. The summed E-state index contributed by atoms with van der Waals surface area (Å²) in [4.78, 5) is 27.1. The van der Waals surface area contributed by atoms with Gasteiger partial charge in [0.15, 0.2) is 0 Å². The van der Waals surface area contributed by atoms with Crippen molar-refractivity contribution in [2.24, 2.45) is 0 Å². The first-order valence-electron chi connectivity index (χ1n) is 7.53. The van der Waals surface area contributed by atoms with Gasteiger partial charge in [0.1, 0.15) is 0 Å². The Morgan fingerprint density at radius 3 is 2.95 bits per heavy atom. The Morgan fingerprint density at radius 1 is 1.43 bits per heavy atom. The second-order valence-corrected chi connectivity index (χ2v) is 6.25. The number of carbonyl (C=O) groups is 2. The van der Waals surface area contributed by atoms with Crippen LogP contribution in [0, 0.1) is 0 Å². The first kappa shape index (κ1) is 16.0. The van der Waals surface area contributed by atoms with Crippen LogP contribution in [0.5, 0.6) is 0 Å². The lowest BCUT2D eigenvalue weighted by Gasteiger charge is -2.34. The van der Waals surface area contributed by atoms with Crippen molar-refractivity contribution >= 4 is 23.3 Å². The van der Waals surface area contributed by atoms with Gasteiger partial charge in [0.25, 0.3) is 0 Å². The summed E-state index contributed by atoms with van der Waals surface area (Å²) in [6, 6.07) is 2.04. The van der Waals surface area contributed by atoms with E-state index in [-0.39, 0.29) is 18.5 Å². The molecule has 2 rings (SSSR count). The van der Waals surface area contributed by atoms with Crippen LogP contribution in [-0.2, 0) is 11.2 Å². The monoisotopic (exact) mass is 309 g/mol. The van der Waals surface area contributed by atoms with E-state index in [2.05, 4.69) is 33.9 Å². The van der Waals surface area contributed by atoms with Gasteiger partial charge in [-0.3, -0.25) is 15.0 Å². The maximum atomic E-state index is 12.0. The molecule has 1 aliphatic rings. The molecule has 1 aromatic rings. The van der Waals surface area contributed by atoms with Crippen LogP contribution in [0.15, 0.2) is 11.4 Å². The van der Waals surface area contributed by atoms with Crippen LogP contribution in [0.4, 0.5) is 4.79 Å². The number of nitrogens with one attached hydrogen (secondary N) is 2. The van der Waals surface area contributed by atoms with E-state index in [9.17, 15) is 9.59 Å². The Morgan fingerprint density at radius 2 is 2.24 bits per heavy atom. The number of amides is 3. The molecule has 116 valence electrons. The molecule has 0 saturated heterocycles. The smallest absolute Gasteiger partial charge is 0.321 e. The standard InChI is InChI=1S/C15H23N3O2S/c1-3-7-16-15(20)17-14(19)10-18-8-5-13-11(6-9-21-13)12(18)4-2/h6,9,12H,3-5,7-8,10H2,1-2H3,(H2,16,17,19,20). The van der Waals surface area contributed by atoms with E-state index >= 15 is 0 Å². The highest BCUT2D eigenvalue weighted by Gasteiger charge is 2.28. The number of hydrogen-bond acceptors (Lipinski definition) is 4. The number of imide groups is 1. The third-order valence-electron chi connectivity index (χ3n) is 3.73. The Kier molecular flexibility index (Phi) is 5.76. The van der Waals surface area contributed by atoms with E-state index in [0.29, 0.717) is 6.54 Å². The second kappa shape index (κ2) is 7.56. The molecule has 0 aliphatic carbocycles. The minimum Gasteiger partial charge on any atom is -0.338 e. The zero-order valence-electron chi connectivity index (χ0n) is 12.6. The van der Waals surface area contributed by atoms with Gasteiger partial charge in [-0.2, -0.15) is 0 Å². The number of thiophene rings is 1. The van der Waals surface area contributed by atoms with Gasteiger partial charge in [0, 0.05) is 24.0 Å². The molecular formula is C15H23N3O2S. The Labute approximate surface area is 129 Å². The van der Waals surface area contributed by atoms with Gasteiger partial charge < -0.3 is 5.32 Å². The average molecular weight is 309 g/mol. The number of rotatable bonds is 5. The molecular weight excluding hydrogens is 286 g/mol. The van der Waals surface area contributed by atoms with E-state index in [4.69, 9.17) is 0 Å². The van der Waals surface area contributed by atoms with Crippen LogP contribution in [0.3, 0.4) is 0 Å². The van der Waals surface area contributed by atoms with Crippen LogP contribution in [0.25, 0.3) is 0 Å². The van der Waals surface area contributed by atoms with E-state index in [1.54, 1.807) is 11.3 Å². The highest BCUT2D eigenvalue weighted by Crippen LogP contribution is 2.34. The molecule has 0 saturated carbocycles. The summed E-state index contributed by atoms with van der Waals surface area (Å²) in [5.41, 5.74) is 1.34. The second-order valence-electron chi connectivity index (χ2n) is 5.25. The number of hydrogen-bond donors (Lipinski definition) is 2. The summed E-state index contributed by atoms with van der Waals surface area (Å²) in [5.74, 6) is -0.235. The summed E-state index contributed by atoms with van der Waals surface area (Å²) in [6.07, 6.45) is 2.81. The van der Waals surface area contributed by atoms with Crippen LogP contribution in [0.2, 0.25) is 0 Å². The van der Waals surface area contributed by atoms with Crippen molar-refractivity contribution in [3.63, 3.8) is 0 Å². The van der Waals surface area contributed by atoms with Crippen molar-refractivity contribution < 1.29 is 9.59 Å². The number of urea groups is 1. The number of carbonyl (C=O) groups excluding carboxylic acids is 2. The Hall–Kier alpha value is -1.40. The maximum Gasteiger partial charge on any atom is 0.321 e. The fourth-order valence-corrected chi connectivity index (χ4v) is 3.68. The lowest BCUT2D eigenvalue weighted by atomic mass is 9.98. The SMILES string of the molecule is CCCNC(=O)NC(=O)CN1CCc2sccc2C1CC. The molecule has 6 heteroatoms. The first-order valence-corrected chi connectivity index (χ1v) is 8.41. The minimum atomic E-state index is -0.400. The molecule has 3 amide bonds. The zero-order valence-corrected chi connectivity index (χ0v) is 13.5. The van der Waals surface area contributed by atoms with Crippen LogP contribution in [0.1, 0.15) is 43.2 Å².